The summed E-state index contributed by atoms with van der Waals surface area (Å²) in [6.07, 6.45) is 10.9. The standard InChI is InChI=1S/C27H20N2.Pd/c1-27(2)17-16-24-23-12-6-4-9-20(23)18-25(29-24)22-11-5-3-8-19(22)14-15-21-10-7-13-26(27)28-21;/h3-13,15-16,18H,1-2H3;/q-2;+2. The fourth-order valence-corrected chi connectivity index (χ4v) is 3.66. The van der Waals surface area contributed by atoms with Gasteiger partial charge in [0.2, 0.25) is 0 Å². The summed E-state index contributed by atoms with van der Waals surface area (Å²) in [5, 5.41) is 2.28. The summed E-state index contributed by atoms with van der Waals surface area (Å²) in [7, 11) is 0. The fraction of sp³-hybridized carbons (Fsp3) is 0.111. The van der Waals surface area contributed by atoms with Crippen molar-refractivity contribution in [2.24, 2.45) is 0 Å². The van der Waals surface area contributed by atoms with E-state index in [4.69, 9.17) is 9.97 Å². The molecule has 1 aliphatic rings. The molecule has 3 heterocycles. The van der Waals surface area contributed by atoms with E-state index in [-0.39, 0.29) is 25.8 Å². The van der Waals surface area contributed by atoms with Crippen molar-refractivity contribution < 1.29 is 20.4 Å². The van der Waals surface area contributed by atoms with Crippen LogP contribution in [0.2, 0.25) is 0 Å². The average Bonchev–Trinajstić information content (AvgIpc) is 2.76. The SMILES string of the molecule is CC1(C)[C-]=Cc2nc(cc3ccccc23)-c2ccccc2[C-]=Cc2cccc1n2.[Pd+2]. The molecule has 148 valence electrons. The van der Waals surface area contributed by atoms with Crippen molar-refractivity contribution in [3.63, 3.8) is 0 Å². The first-order valence-electron chi connectivity index (χ1n) is 9.78. The van der Waals surface area contributed by atoms with E-state index in [1.165, 1.54) is 0 Å². The monoisotopic (exact) mass is 478 g/mol. The summed E-state index contributed by atoms with van der Waals surface area (Å²) < 4.78 is 0. The van der Waals surface area contributed by atoms with Crippen LogP contribution in [-0.2, 0) is 25.8 Å². The van der Waals surface area contributed by atoms with E-state index >= 15 is 0 Å². The van der Waals surface area contributed by atoms with Gasteiger partial charge in [0.15, 0.2) is 0 Å². The van der Waals surface area contributed by atoms with Crippen molar-refractivity contribution in [1.82, 2.24) is 9.97 Å². The predicted molar refractivity (Wildman–Crippen MR) is 119 cm³/mol. The van der Waals surface area contributed by atoms with Crippen LogP contribution in [0.1, 0.15) is 36.5 Å². The molecule has 0 fully saturated rings. The summed E-state index contributed by atoms with van der Waals surface area (Å²) >= 11 is 0. The van der Waals surface area contributed by atoms with Gasteiger partial charge in [-0.3, -0.25) is 6.08 Å². The molecule has 4 bridgehead atoms. The number of aromatic nitrogens is 2. The number of fused-ring (bicyclic) bond motifs is 8. The second kappa shape index (κ2) is 8.11. The molecule has 0 spiro atoms. The van der Waals surface area contributed by atoms with Gasteiger partial charge in [0.25, 0.3) is 0 Å². The first-order valence-corrected chi connectivity index (χ1v) is 9.78. The van der Waals surface area contributed by atoms with Crippen molar-refractivity contribution in [2.75, 3.05) is 0 Å². The Balaban J connectivity index is 0.00000218. The number of hydrogen-bond donors (Lipinski definition) is 0. The molecule has 2 aromatic carbocycles. The van der Waals surface area contributed by atoms with E-state index in [1.807, 2.05) is 42.5 Å². The molecule has 0 amide bonds. The van der Waals surface area contributed by atoms with Gasteiger partial charge in [0.05, 0.1) is 0 Å². The largest absolute Gasteiger partial charge is 2.00 e. The third-order valence-electron chi connectivity index (χ3n) is 5.33. The smallest absolute Gasteiger partial charge is 0.352 e. The van der Waals surface area contributed by atoms with E-state index in [0.717, 1.165) is 44.7 Å². The Morgan fingerprint density at radius 1 is 0.800 bits per heavy atom. The van der Waals surface area contributed by atoms with E-state index in [2.05, 4.69) is 68.5 Å². The second-order valence-corrected chi connectivity index (χ2v) is 7.81. The van der Waals surface area contributed by atoms with Crippen LogP contribution < -0.4 is 0 Å². The maximum atomic E-state index is 5.01. The molecule has 0 atom stereocenters. The average molecular weight is 479 g/mol. The van der Waals surface area contributed by atoms with Gasteiger partial charge in [-0.1, -0.05) is 79.0 Å². The van der Waals surface area contributed by atoms with Crippen LogP contribution >= 0.6 is 0 Å². The van der Waals surface area contributed by atoms with Crippen molar-refractivity contribution in [2.45, 2.75) is 19.3 Å². The Morgan fingerprint density at radius 2 is 1.60 bits per heavy atom. The summed E-state index contributed by atoms with van der Waals surface area (Å²) in [5.74, 6) is 0. The maximum absolute atomic E-state index is 5.01. The molecule has 2 nitrogen and oxygen atoms in total. The van der Waals surface area contributed by atoms with Gasteiger partial charge < -0.3 is 9.97 Å². The zero-order valence-electron chi connectivity index (χ0n) is 16.8. The van der Waals surface area contributed by atoms with Crippen molar-refractivity contribution in [3.05, 3.63) is 108 Å². The van der Waals surface area contributed by atoms with Crippen LogP contribution in [0.3, 0.4) is 0 Å². The van der Waals surface area contributed by atoms with Crippen LogP contribution in [-0.4, -0.2) is 9.97 Å². The molecule has 0 saturated carbocycles. The second-order valence-electron chi connectivity index (χ2n) is 7.81. The summed E-state index contributed by atoms with van der Waals surface area (Å²) in [4.78, 5) is 9.85. The Morgan fingerprint density at radius 3 is 2.50 bits per heavy atom. The molecular weight excluding hydrogens is 459 g/mol. The molecule has 3 heteroatoms. The minimum atomic E-state index is -0.344. The number of pyridine rings is 2. The van der Waals surface area contributed by atoms with Crippen LogP contribution in [0.25, 0.3) is 34.2 Å². The van der Waals surface area contributed by atoms with Gasteiger partial charge in [-0.15, -0.1) is 29.8 Å². The van der Waals surface area contributed by atoms with Crippen molar-refractivity contribution >= 4 is 22.9 Å². The molecule has 0 aliphatic carbocycles. The Kier molecular flexibility index (Phi) is 5.52. The zero-order valence-corrected chi connectivity index (χ0v) is 18.3. The van der Waals surface area contributed by atoms with Gasteiger partial charge in [-0.25, -0.2) is 6.08 Å². The molecule has 30 heavy (non-hydrogen) atoms. The molecule has 0 unspecified atom stereocenters. The summed E-state index contributed by atoms with van der Waals surface area (Å²) in [5.41, 5.74) is 5.42. The molecule has 0 N–H and O–H groups in total. The molecule has 0 saturated heterocycles. The van der Waals surface area contributed by atoms with Gasteiger partial charge >= 0.3 is 20.4 Å². The molecule has 4 aromatic rings. The van der Waals surface area contributed by atoms with Gasteiger partial charge in [0.1, 0.15) is 0 Å². The number of rotatable bonds is 0. The molecule has 0 radical (unpaired) electrons. The number of allylic oxidation sites excluding steroid dienone is 1. The maximum Gasteiger partial charge on any atom is 2.00 e. The van der Waals surface area contributed by atoms with Crippen molar-refractivity contribution in [3.8, 4) is 11.3 Å². The third-order valence-corrected chi connectivity index (χ3v) is 5.33. The Bertz CT molecular complexity index is 1290. The van der Waals surface area contributed by atoms with Crippen LogP contribution in [0.5, 0.6) is 0 Å². The van der Waals surface area contributed by atoms with Crippen LogP contribution in [0.15, 0.2) is 72.8 Å². The number of hydrogen-bond acceptors (Lipinski definition) is 2. The summed E-state index contributed by atoms with van der Waals surface area (Å²) in [6, 6.07) is 24.8. The van der Waals surface area contributed by atoms with Crippen LogP contribution in [0, 0.1) is 12.2 Å². The predicted octanol–water partition coefficient (Wildman–Crippen LogP) is 6.27. The first kappa shape index (κ1) is 20.4. The Labute approximate surface area is 191 Å². The quantitative estimate of drug-likeness (QED) is 0.220. The number of nitrogens with zero attached hydrogens (tertiary/aromatic N) is 2. The minimum Gasteiger partial charge on any atom is -0.352 e. The van der Waals surface area contributed by atoms with Gasteiger partial charge in [-0.05, 0) is 28.6 Å². The summed E-state index contributed by atoms with van der Waals surface area (Å²) in [6.45, 7) is 4.26. The molecular formula is C27H20N2Pd. The molecule has 2 aromatic heterocycles. The topological polar surface area (TPSA) is 25.8 Å². The Hall–Kier alpha value is -2.86. The van der Waals surface area contributed by atoms with E-state index in [1.54, 1.807) is 0 Å². The van der Waals surface area contributed by atoms with Crippen LogP contribution in [0.4, 0.5) is 0 Å². The minimum absolute atomic E-state index is 0. The zero-order chi connectivity index (χ0) is 19.8. The molecule has 5 rings (SSSR count). The molecule has 1 aliphatic heterocycles. The third kappa shape index (κ3) is 3.79. The fourth-order valence-electron chi connectivity index (χ4n) is 3.66. The van der Waals surface area contributed by atoms with E-state index < -0.39 is 0 Å². The van der Waals surface area contributed by atoms with Gasteiger partial charge in [-0.2, -0.15) is 0 Å². The van der Waals surface area contributed by atoms with Crippen molar-refractivity contribution in [1.29, 1.82) is 0 Å². The van der Waals surface area contributed by atoms with E-state index in [0.29, 0.717) is 0 Å². The van der Waals surface area contributed by atoms with Gasteiger partial charge in [0, 0.05) is 11.4 Å². The van der Waals surface area contributed by atoms with E-state index in [9.17, 15) is 0 Å². The number of benzene rings is 2. The first-order chi connectivity index (χ1) is 14.1. The normalized spacial score (nSPS) is 14.1.